The Bertz CT molecular complexity index is 348. The third-order valence-corrected chi connectivity index (χ3v) is 3.16. The second-order valence-electron chi connectivity index (χ2n) is 3.71. The van der Waals surface area contributed by atoms with Gasteiger partial charge in [0.1, 0.15) is 11.5 Å². The molecule has 1 saturated heterocycles. The fourth-order valence-corrected chi connectivity index (χ4v) is 2.10. The zero-order chi connectivity index (χ0) is 11.4. The van der Waals surface area contributed by atoms with Crippen LogP contribution in [0.5, 0.6) is 11.5 Å². The van der Waals surface area contributed by atoms with Crippen LogP contribution in [0.25, 0.3) is 0 Å². The van der Waals surface area contributed by atoms with Crippen LogP contribution < -0.4 is 9.47 Å². The molecule has 0 radical (unpaired) electrons. The van der Waals surface area contributed by atoms with Crippen LogP contribution in [0.1, 0.15) is 19.3 Å². The van der Waals surface area contributed by atoms with Gasteiger partial charge in [0.25, 0.3) is 0 Å². The average Bonchev–Trinajstić information content (AvgIpc) is 2.33. The Morgan fingerprint density at radius 3 is 2.88 bits per heavy atom. The maximum atomic E-state index is 5.76. The summed E-state index contributed by atoms with van der Waals surface area (Å²) in [6.45, 7) is 0.790. The molecule has 2 rings (SSSR count). The average molecular weight is 287 g/mol. The molecule has 0 aromatic heterocycles. The van der Waals surface area contributed by atoms with Gasteiger partial charge in [0.15, 0.2) is 6.29 Å². The summed E-state index contributed by atoms with van der Waals surface area (Å²) < 4.78 is 17.3. The van der Waals surface area contributed by atoms with Crippen LogP contribution in [-0.4, -0.2) is 20.0 Å². The van der Waals surface area contributed by atoms with Crippen molar-refractivity contribution >= 4 is 15.9 Å². The Kier molecular flexibility index (Phi) is 4.07. The smallest absolute Gasteiger partial charge is 0.199 e. The summed E-state index contributed by atoms with van der Waals surface area (Å²) in [5.74, 6) is 1.61. The van der Waals surface area contributed by atoms with Gasteiger partial charge in [-0.15, -0.1) is 0 Å². The zero-order valence-corrected chi connectivity index (χ0v) is 10.8. The summed E-state index contributed by atoms with van der Waals surface area (Å²) in [7, 11) is 1.65. The number of benzene rings is 1. The summed E-state index contributed by atoms with van der Waals surface area (Å²) in [5, 5.41) is 0. The Hall–Kier alpha value is -0.740. The zero-order valence-electron chi connectivity index (χ0n) is 9.24. The fraction of sp³-hybridized carbons (Fsp3) is 0.500. The van der Waals surface area contributed by atoms with Gasteiger partial charge in [-0.2, -0.15) is 0 Å². The molecule has 1 aromatic carbocycles. The second kappa shape index (κ2) is 5.55. The van der Waals surface area contributed by atoms with E-state index in [1.165, 1.54) is 6.42 Å². The number of rotatable bonds is 3. The number of hydrogen-bond donors (Lipinski definition) is 0. The molecule has 3 nitrogen and oxygen atoms in total. The van der Waals surface area contributed by atoms with Crippen molar-refractivity contribution < 1.29 is 14.2 Å². The molecule has 0 bridgehead atoms. The molecule has 1 aliphatic heterocycles. The molecule has 0 aliphatic carbocycles. The van der Waals surface area contributed by atoms with Crippen molar-refractivity contribution in [1.29, 1.82) is 0 Å². The lowest BCUT2D eigenvalue weighted by atomic mass is 10.2. The second-order valence-corrected chi connectivity index (χ2v) is 4.56. The summed E-state index contributed by atoms with van der Waals surface area (Å²) in [6.07, 6.45) is 3.14. The number of methoxy groups -OCH3 is 1. The Labute approximate surface area is 104 Å². The molecular weight excluding hydrogens is 272 g/mol. The minimum absolute atomic E-state index is 0.113. The predicted octanol–water partition coefficient (Wildman–Crippen LogP) is 3.36. The monoisotopic (exact) mass is 286 g/mol. The van der Waals surface area contributed by atoms with E-state index >= 15 is 0 Å². The molecule has 0 amide bonds. The molecule has 0 spiro atoms. The minimum atomic E-state index is -0.113. The number of ether oxygens (including phenoxy) is 3. The molecule has 0 N–H and O–H groups in total. The van der Waals surface area contributed by atoms with Gasteiger partial charge in [-0.1, -0.05) is 0 Å². The first-order chi connectivity index (χ1) is 7.79. The van der Waals surface area contributed by atoms with Gasteiger partial charge in [-0.05, 0) is 47.0 Å². The lowest BCUT2D eigenvalue weighted by Crippen LogP contribution is -2.25. The van der Waals surface area contributed by atoms with Crippen molar-refractivity contribution in [2.45, 2.75) is 25.6 Å². The van der Waals surface area contributed by atoms with E-state index in [0.717, 1.165) is 35.4 Å². The number of hydrogen-bond acceptors (Lipinski definition) is 3. The molecular formula is C12H15BrO3. The minimum Gasteiger partial charge on any atom is -0.497 e. The van der Waals surface area contributed by atoms with Crippen LogP contribution >= 0.6 is 15.9 Å². The molecule has 1 atom stereocenters. The van der Waals surface area contributed by atoms with Crippen molar-refractivity contribution in [3.63, 3.8) is 0 Å². The van der Waals surface area contributed by atoms with Crippen molar-refractivity contribution in [3.05, 3.63) is 22.7 Å². The SMILES string of the molecule is COc1ccc(O[C@@H]2CCCCO2)c(Br)c1. The Balaban J connectivity index is 2.03. The standard InChI is InChI=1S/C12H15BrO3/c1-14-9-5-6-11(10(13)8-9)16-12-4-2-3-7-15-12/h5-6,8,12H,2-4,7H2,1H3/t12-/m1/s1. The molecule has 1 heterocycles. The molecule has 4 heteroatoms. The van der Waals surface area contributed by atoms with Gasteiger partial charge in [-0.3, -0.25) is 0 Å². The molecule has 0 saturated carbocycles. The molecule has 1 aliphatic rings. The largest absolute Gasteiger partial charge is 0.497 e. The van der Waals surface area contributed by atoms with Crippen LogP contribution in [0.2, 0.25) is 0 Å². The molecule has 16 heavy (non-hydrogen) atoms. The van der Waals surface area contributed by atoms with Gasteiger partial charge >= 0.3 is 0 Å². The van der Waals surface area contributed by atoms with Crippen LogP contribution in [0, 0.1) is 0 Å². The van der Waals surface area contributed by atoms with Crippen LogP contribution in [0.15, 0.2) is 22.7 Å². The first-order valence-electron chi connectivity index (χ1n) is 5.41. The van der Waals surface area contributed by atoms with E-state index in [0.29, 0.717) is 0 Å². The van der Waals surface area contributed by atoms with E-state index < -0.39 is 0 Å². The summed E-state index contributed by atoms with van der Waals surface area (Å²) in [5.41, 5.74) is 0. The van der Waals surface area contributed by atoms with E-state index in [2.05, 4.69) is 15.9 Å². The lowest BCUT2D eigenvalue weighted by Gasteiger charge is -2.24. The molecule has 88 valence electrons. The van der Waals surface area contributed by atoms with Gasteiger partial charge in [0.05, 0.1) is 18.2 Å². The van der Waals surface area contributed by atoms with Gasteiger partial charge in [-0.25, -0.2) is 0 Å². The van der Waals surface area contributed by atoms with Crippen LogP contribution in [0.4, 0.5) is 0 Å². The topological polar surface area (TPSA) is 27.7 Å². The summed E-state index contributed by atoms with van der Waals surface area (Å²) >= 11 is 3.45. The van der Waals surface area contributed by atoms with Crippen molar-refractivity contribution in [1.82, 2.24) is 0 Å². The lowest BCUT2D eigenvalue weighted by molar-refractivity contribution is -0.106. The van der Waals surface area contributed by atoms with Gasteiger partial charge in [0.2, 0.25) is 0 Å². The van der Waals surface area contributed by atoms with E-state index in [4.69, 9.17) is 14.2 Å². The predicted molar refractivity (Wildman–Crippen MR) is 64.9 cm³/mol. The highest BCUT2D eigenvalue weighted by atomic mass is 79.9. The molecule has 1 fully saturated rings. The van der Waals surface area contributed by atoms with Crippen LogP contribution in [0.3, 0.4) is 0 Å². The normalized spacial score (nSPS) is 20.5. The van der Waals surface area contributed by atoms with Crippen molar-refractivity contribution in [3.8, 4) is 11.5 Å². The van der Waals surface area contributed by atoms with E-state index in [1.807, 2.05) is 18.2 Å². The van der Waals surface area contributed by atoms with Crippen LogP contribution in [-0.2, 0) is 4.74 Å². The van der Waals surface area contributed by atoms with Gasteiger partial charge < -0.3 is 14.2 Å². The van der Waals surface area contributed by atoms with E-state index in [9.17, 15) is 0 Å². The highest BCUT2D eigenvalue weighted by molar-refractivity contribution is 9.10. The van der Waals surface area contributed by atoms with Crippen molar-refractivity contribution in [2.75, 3.05) is 13.7 Å². The highest BCUT2D eigenvalue weighted by Crippen LogP contribution is 2.31. The molecule has 0 unspecified atom stereocenters. The number of halogens is 1. The summed E-state index contributed by atoms with van der Waals surface area (Å²) in [6, 6.07) is 5.65. The molecule has 1 aromatic rings. The Morgan fingerprint density at radius 2 is 2.25 bits per heavy atom. The fourth-order valence-electron chi connectivity index (χ4n) is 1.65. The first kappa shape index (κ1) is 11.7. The Morgan fingerprint density at radius 1 is 1.38 bits per heavy atom. The first-order valence-corrected chi connectivity index (χ1v) is 6.20. The maximum Gasteiger partial charge on any atom is 0.199 e. The third kappa shape index (κ3) is 2.89. The van der Waals surface area contributed by atoms with E-state index in [-0.39, 0.29) is 6.29 Å². The maximum absolute atomic E-state index is 5.76. The van der Waals surface area contributed by atoms with Crippen molar-refractivity contribution in [2.24, 2.45) is 0 Å². The van der Waals surface area contributed by atoms with E-state index in [1.54, 1.807) is 7.11 Å². The highest BCUT2D eigenvalue weighted by Gasteiger charge is 2.16. The van der Waals surface area contributed by atoms with Gasteiger partial charge in [0, 0.05) is 6.42 Å². The quantitative estimate of drug-likeness (QED) is 0.853. The summed E-state index contributed by atoms with van der Waals surface area (Å²) in [4.78, 5) is 0. The third-order valence-electron chi connectivity index (χ3n) is 2.54.